The lowest BCUT2D eigenvalue weighted by molar-refractivity contribution is 0.0936. The van der Waals surface area contributed by atoms with Crippen LogP contribution in [0.5, 0.6) is 11.5 Å². The molecule has 0 bridgehead atoms. The number of amides is 1. The van der Waals surface area contributed by atoms with E-state index in [4.69, 9.17) is 9.47 Å². The maximum Gasteiger partial charge on any atom is 0.251 e. The van der Waals surface area contributed by atoms with Crippen molar-refractivity contribution in [1.82, 2.24) is 14.9 Å². The number of hydrogen-bond donors (Lipinski definition) is 2. The van der Waals surface area contributed by atoms with E-state index in [1.54, 1.807) is 32.4 Å². The smallest absolute Gasteiger partial charge is 0.251 e. The Kier molecular flexibility index (Phi) is 7.43. The minimum absolute atomic E-state index is 0.0946. The normalized spacial score (nSPS) is 20.1. The third-order valence-corrected chi connectivity index (χ3v) is 7.98. The average molecular weight is 424 g/mol. The van der Waals surface area contributed by atoms with Gasteiger partial charge in [0.25, 0.3) is 5.91 Å². The summed E-state index contributed by atoms with van der Waals surface area (Å²) in [4.78, 5) is 14.8. The van der Waals surface area contributed by atoms with E-state index < -0.39 is 9.71 Å². The summed E-state index contributed by atoms with van der Waals surface area (Å²) in [5, 5.41) is 3.32. The summed E-state index contributed by atoms with van der Waals surface area (Å²) in [6, 6.07) is 5.19. The zero-order chi connectivity index (χ0) is 20.9. The van der Waals surface area contributed by atoms with Crippen LogP contribution in [0.4, 0.5) is 0 Å². The number of nitrogens with zero attached hydrogens (tertiary/aromatic N) is 1. The molecule has 29 heavy (non-hydrogen) atoms. The second-order valence-corrected chi connectivity index (χ2v) is 10.3. The second kappa shape index (κ2) is 9.82. The summed E-state index contributed by atoms with van der Waals surface area (Å²) in [5.74, 6) is 5.40. The summed E-state index contributed by atoms with van der Waals surface area (Å²) in [7, 11) is 1.04. The fraction of sp³-hybridized carbons (Fsp3) is 0.619. The number of likely N-dealkylation sites (tertiary alicyclic amines) is 1. The molecule has 1 aliphatic heterocycles. The van der Waals surface area contributed by atoms with E-state index in [0.29, 0.717) is 29.5 Å². The van der Waals surface area contributed by atoms with E-state index in [-0.39, 0.29) is 11.2 Å². The highest BCUT2D eigenvalue weighted by Gasteiger charge is 2.30. The first-order chi connectivity index (χ1) is 13.9. The van der Waals surface area contributed by atoms with Gasteiger partial charge < -0.3 is 19.7 Å². The first-order valence-electron chi connectivity index (χ1n) is 10.3. The maximum absolute atomic E-state index is 12.5. The molecule has 1 aromatic rings. The minimum atomic E-state index is -2.09. The monoisotopic (exact) mass is 423 g/mol. The van der Waals surface area contributed by atoms with Gasteiger partial charge >= 0.3 is 0 Å². The number of carbonyl (C=O) groups excluding carboxylic acids is 1. The quantitative estimate of drug-likeness (QED) is 0.558. The number of methoxy groups -OCH3 is 2. The highest BCUT2D eigenvalue weighted by molar-refractivity contribution is 7.99. The summed E-state index contributed by atoms with van der Waals surface area (Å²) in [6.07, 6.45) is 4.18. The molecule has 2 fully saturated rings. The SMILES string of the molecule is C=S(=O)(NCCN1CCC(CNC(=O)c2ccc(OC)c(OC)c2)CC1)C1CC1. The molecule has 162 valence electrons. The van der Waals surface area contributed by atoms with Gasteiger partial charge in [0.2, 0.25) is 0 Å². The molecule has 0 radical (unpaired) electrons. The zero-order valence-corrected chi connectivity index (χ0v) is 18.3. The van der Waals surface area contributed by atoms with E-state index in [0.717, 1.165) is 51.9 Å². The molecule has 1 aromatic carbocycles. The lowest BCUT2D eigenvalue weighted by Crippen LogP contribution is -2.42. The molecule has 2 aliphatic rings. The van der Waals surface area contributed by atoms with E-state index in [1.807, 2.05) is 0 Å². The number of carbonyl (C=O) groups is 1. The first-order valence-corrected chi connectivity index (χ1v) is 12.0. The predicted octanol–water partition coefficient (Wildman–Crippen LogP) is 1.53. The summed E-state index contributed by atoms with van der Waals surface area (Å²) >= 11 is 0. The predicted molar refractivity (Wildman–Crippen MR) is 117 cm³/mol. The van der Waals surface area contributed by atoms with Gasteiger partial charge in [-0.2, -0.15) is 0 Å². The number of hydrogen-bond acceptors (Lipinski definition) is 5. The highest BCUT2D eigenvalue weighted by atomic mass is 32.2. The average Bonchev–Trinajstić information content (AvgIpc) is 3.58. The molecular weight excluding hydrogens is 390 g/mol. The largest absolute Gasteiger partial charge is 0.493 e. The van der Waals surface area contributed by atoms with Crippen LogP contribution in [0.1, 0.15) is 36.0 Å². The first kappa shape index (κ1) is 21.9. The third-order valence-electron chi connectivity index (χ3n) is 5.74. The maximum atomic E-state index is 12.5. The Hall–Kier alpha value is -1.77. The van der Waals surface area contributed by atoms with Crippen LogP contribution < -0.4 is 19.5 Å². The van der Waals surface area contributed by atoms with Crippen LogP contribution in [0, 0.1) is 5.92 Å². The second-order valence-electron chi connectivity index (χ2n) is 7.88. The minimum Gasteiger partial charge on any atom is -0.493 e. The van der Waals surface area contributed by atoms with Gasteiger partial charge in [-0.25, -0.2) is 4.72 Å². The lowest BCUT2D eigenvalue weighted by Gasteiger charge is -2.32. The molecule has 1 aliphatic carbocycles. The molecule has 1 saturated carbocycles. The fourth-order valence-corrected chi connectivity index (χ4v) is 5.24. The van der Waals surface area contributed by atoms with Crippen LogP contribution in [0.2, 0.25) is 0 Å². The Morgan fingerprint density at radius 3 is 2.48 bits per heavy atom. The Labute approximate surface area is 174 Å². The van der Waals surface area contributed by atoms with Gasteiger partial charge in [-0.15, -0.1) is 0 Å². The van der Waals surface area contributed by atoms with Gasteiger partial charge in [0.1, 0.15) is 0 Å². The van der Waals surface area contributed by atoms with Crippen LogP contribution >= 0.6 is 0 Å². The molecule has 7 nitrogen and oxygen atoms in total. The van der Waals surface area contributed by atoms with Crippen molar-refractivity contribution < 1.29 is 18.5 Å². The van der Waals surface area contributed by atoms with Crippen molar-refractivity contribution in [3.05, 3.63) is 23.8 Å². The fourth-order valence-electron chi connectivity index (χ4n) is 3.67. The van der Waals surface area contributed by atoms with Gasteiger partial charge in [0.05, 0.1) is 14.2 Å². The van der Waals surface area contributed by atoms with Crippen LogP contribution in [0.15, 0.2) is 18.2 Å². The number of benzene rings is 1. The van der Waals surface area contributed by atoms with Crippen molar-refractivity contribution in [2.24, 2.45) is 5.92 Å². The van der Waals surface area contributed by atoms with Gasteiger partial charge in [-0.3, -0.25) is 9.00 Å². The Morgan fingerprint density at radius 2 is 1.86 bits per heavy atom. The van der Waals surface area contributed by atoms with Crippen molar-refractivity contribution in [2.75, 3.05) is 46.9 Å². The van der Waals surface area contributed by atoms with Gasteiger partial charge in [0, 0.05) is 40.2 Å². The standard InChI is InChI=1S/C21H33N3O4S/c1-27-19-7-4-17(14-20(19)28-2)21(25)22-15-16-8-11-24(12-9-16)13-10-23-29(3,26)18-5-6-18/h4,7,14,16,18H,3,5-6,8-13,15H2,1-2H3,(H,22,25)(H,23,26). The van der Waals surface area contributed by atoms with Gasteiger partial charge in [-0.1, -0.05) is 0 Å². The number of ether oxygens (including phenoxy) is 2. The van der Waals surface area contributed by atoms with Gasteiger partial charge in [0.15, 0.2) is 11.5 Å². The lowest BCUT2D eigenvalue weighted by atomic mass is 9.96. The molecule has 2 N–H and O–H groups in total. The number of rotatable bonds is 10. The Morgan fingerprint density at radius 1 is 1.17 bits per heavy atom. The van der Waals surface area contributed by atoms with Crippen molar-refractivity contribution in [3.63, 3.8) is 0 Å². The van der Waals surface area contributed by atoms with Crippen molar-refractivity contribution >= 4 is 21.5 Å². The van der Waals surface area contributed by atoms with Crippen LogP contribution in [-0.2, 0) is 9.71 Å². The molecule has 0 spiro atoms. The third kappa shape index (κ3) is 6.10. The molecule has 1 unspecified atom stereocenters. The van der Waals surface area contributed by atoms with Gasteiger partial charge in [-0.05, 0) is 68.8 Å². The molecule has 3 rings (SSSR count). The molecule has 8 heteroatoms. The molecule has 1 heterocycles. The van der Waals surface area contributed by atoms with Crippen molar-refractivity contribution in [2.45, 2.75) is 30.9 Å². The summed E-state index contributed by atoms with van der Waals surface area (Å²) < 4.78 is 25.9. The summed E-state index contributed by atoms with van der Waals surface area (Å²) in [6.45, 7) is 4.29. The summed E-state index contributed by atoms with van der Waals surface area (Å²) in [5.41, 5.74) is 0.568. The molecule has 1 amide bonds. The van der Waals surface area contributed by atoms with E-state index in [1.165, 1.54) is 0 Å². The molecule has 1 atom stereocenters. The molecular formula is C21H33N3O4S. The van der Waals surface area contributed by atoms with E-state index >= 15 is 0 Å². The zero-order valence-electron chi connectivity index (χ0n) is 17.4. The van der Waals surface area contributed by atoms with Crippen molar-refractivity contribution in [1.29, 1.82) is 0 Å². The number of piperidine rings is 1. The number of nitrogens with one attached hydrogen (secondary N) is 2. The Balaban J connectivity index is 1.37. The molecule has 0 aromatic heterocycles. The van der Waals surface area contributed by atoms with Crippen LogP contribution in [0.25, 0.3) is 0 Å². The van der Waals surface area contributed by atoms with Crippen LogP contribution in [-0.4, -0.2) is 73.1 Å². The van der Waals surface area contributed by atoms with Crippen molar-refractivity contribution in [3.8, 4) is 11.5 Å². The van der Waals surface area contributed by atoms with Crippen LogP contribution in [0.3, 0.4) is 0 Å². The topological polar surface area (TPSA) is 79.9 Å². The van der Waals surface area contributed by atoms with E-state index in [9.17, 15) is 9.00 Å². The highest BCUT2D eigenvalue weighted by Crippen LogP contribution is 2.28. The van der Waals surface area contributed by atoms with E-state index in [2.05, 4.69) is 20.8 Å². The Bertz CT molecular complexity index is 800. The molecule has 1 saturated heterocycles.